The molecule has 0 atom stereocenters. The minimum absolute atomic E-state index is 0.0878. The van der Waals surface area contributed by atoms with Crippen molar-refractivity contribution in [3.63, 3.8) is 0 Å². The first-order chi connectivity index (χ1) is 19.6. The van der Waals surface area contributed by atoms with Gasteiger partial charge < -0.3 is 34.3 Å². The number of rotatable bonds is 9. The number of piperidine rings is 1. The Balaban J connectivity index is 1.26. The van der Waals surface area contributed by atoms with E-state index in [-0.39, 0.29) is 30.5 Å². The molecule has 1 saturated carbocycles. The summed E-state index contributed by atoms with van der Waals surface area (Å²) in [6.07, 6.45) is 3.09. The molecule has 220 valence electrons. The van der Waals surface area contributed by atoms with E-state index in [0.29, 0.717) is 91.4 Å². The maximum absolute atomic E-state index is 13.4. The summed E-state index contributed by atoms with van der Waals surface area (Å²) in [6.45, 7) is 6.73. The lowest BCUT2D eigenvalue weighted by Gasteiger charge is -2.39. The molecular formula is C31H38FN3O6. The summed E-state index contributed by atoms with van der Waals surface area (Å²) in [7, 11) is 0. The second-order valence-electron chi connectivity index (χ2n) is 11.6. The van der Waals surface area contributed by atoms with Crippen molar-refractivity contribution in [1.82, 2.24) is 9.88 Å². The van der Waals surface area contributed by atoms with E-state index in [4.69, 9.17) is 13.9 Å². The minimum Gasteiger partial charge on any atom is -0.490 e. The lowest BCUT2D eigenvalue weighted by molar-refractivity contribution is -0.0268. The standard InChI is InChI=1S/C31H38FN3O6/c1-19(2)17-31(38)8-10-35(11-9-31)30(37)34-23-14-26(39-24-6-4-22(32)5-7-24)16-27(15-23)40-25-12-21(13-25)29-33-20(3)28(18-36)41-29/h4-7,14-16,19,21,25,36,38H,8-13,17-18H2,1-3H3,(H,34,37). The summed E-state index contributed by atoms with van der Waals surface area (Å²) in [5.74, 6) is 2.61. The highest BCUT2D eigenvalue weighted by Crippen LogP contribution is 2.41. The van der Waals surface area contributed by atoms with Gasteiger partial charge in [0, 0.05) is 42.9 Å². The molecule has 3 aromatic rings. The van der Waals surface area contributed by atoms with E-state index in [1.54, 1.807) is 23.1 Å². The molecule has 0 unspecified atom stereocenters. The molecule has 2 amide bonds. The maximum Gasteiger partial charge on any atom is 0.321 e. The molecule has 10 heteroatoms. The van der Waals surface area contributed by atoms with Crippen LogP contribution in [-0.2, 0) is 6.61 Å². The molecule has 5 rings (SSSR count). The Morgan fingerprint density at radius 2 is 1.83 bits per heavy atom. The maximum atomic E-state index is 13.4. The predicted molar refractivity (Wildman–Crippen MR) is 151 cm³/mol. The van der Waals surface area contributed by atoms with E-state index in [9.17, 15) is 19.4 Å². The number of nitrogens with zero attached hydrogens (tertiary/aromatic N) is 2. The molecule has 1 aromatic heterocycles. The number of hydrogen-bond donors (Lipinski definition) is 3. The lowest BCUT2D eigenvalue weighted by Crippen LogP contribution is -2.48. The fourth-order valence-corrected chi connectivity index (χ4v) is 5.53. The van der Waals surface area contributed by atoms with Gasteiger partial charge in [0.05, 0.1) is 11.3 Å². The molecule has 0 spiro atoms. The number of carbonyl (C=O) groups excluding carboxylic acids is 1. The van der Waals surface area contributed by atoms with Crippen LogP contribution in [0.2, 0.25) is 0 Å². The molecule has 0 bridgehead atoms. The highest BCUT2D eigenvalue weighted by Gasteiger charge is 2.36. The van der Waals surface area contributed by atoms with E-state index in [1.165, 1.54) is 24.3 Å². The fourth-order valence-electron chi connectivity index (χ4n) is 5.53. The lowest BCUT2D eigenvalue weighted by atomic mass is 9.82. The normalized spacial score (nSPS) is 20.0. The van der Waals surface area contributed by atoms with Crippen LogP contribution in [0, 0.1) is 18.7 Å². The van der Waals surface area contributed by atoms with Crippen molar-refractivity contribution in [3.05, 3.63) is 65.6 Å². The van der Waals surface area contributed by atoms with Gasteiger partial charge in [0.1, 0.15) is 35.8 Å². The SMILES string of the molecule is Cc1nc(C2CC(Oc3cc(NC(=O)N4CCC(O)(CC(C)C)CC4)cc(Oc4ccc(F)cc4)c3)C2)oc1CO. The van der Waals surface area contributed by atoms with E-state index >= 15 is 0 Å². The molecule has 1 aliphatic heterocycles. The Bertz CT molecular complexity index is 1340. The van der Waals surface area contributed by atoms with Gasteiger partial charge in [0.25, 0.3) is 0 Å². The highest BCUT2D eigenvalue weighted by atomic mass is 19.1. The summed E-state index contributed by atoms with van der Waals surface area (Å²) in [4.78, 5) is 19.3. The van der Waals surface area contributed by atoms with Crippen LogP contribution in [0.1, 0.15) is 69.2 Å². The van der Waals surface area contributed by atoms with Gasteiger partial charge in [-0.25, -0.2) is 14.2 Å². The van der Waals surface area contributed by atoms with Crippen LogP contribution < -0.4 is 14.8 Å². The van der Waals surface area contributed by atoms with E-state index in [2.05, 4.69) is 24.1 Å². The summed E-state index contributed by atoms with van der Waals surface area (Å²) < 4.78 is 31.3. The molecule has 1 saturated heterocycles. The van der Waals surface area contributed by atoms with Crippen LogP contribution >= 0.6 is 0 Å². The van der Waals surface area contributed by atoms with Crippen LogP contribution in [-0.4, -0.2) is 50.9 Å². The Kier molecular flexibility index (Phi) is 8.51. The predicted octanol–water partition coefficient (Wildman–Crippen LogP) is 6.14. The van der Waals surface area contributed by atoms with E-state index in [0.717, 1.165) is 0 Å². The number of amides is 2. The van der Waals surface area contributed by atoms with Gasteiger partial charge in [-0.3, -0.25) is 0 Å². The van der Waals surface area contributed by atoms with Crippen molar-refractivity contribution in [2.45, 2.75) is 77.1 Å². The zero-order valence-corrected chi connectivity index (χ0v) is 23.7. The molecule has 2 heterocycles. The number of aliphatic hydroxyl groups is 2. The first-order valence-electron chi connectivity index (χ1n) is 14.2. The number of anilines is 1. The van der Waals surface area contributed by atoms with Crippen LogP contribution in [0.3, 0.4) is 0 Å². The number of ether oxygens (including phenoxy) is 2. The Morgan fingerprint density at radius 1 is 1.15 bits per heavy atom. The van der Waals surface area contributed by atoms with Gasteiger partial charge in [-0.1, -0.05) is 13.8 Å². The molecule has 2 aliphatic rings. The average Bonchev–Trinajstić information content (AvgIpc) is 3.26. The highest BCUT2D eigenvalue weighted by molar-refractivity contribution is 5.90. The average molecular weight is 568 g/mol. The van der Waals surface area contributed by atoms with Gasteiger partial charge in [-0.15, -0.1) is 0 Å². The number of oxazole rings is 1. The van der Waals surface area contributed by atoms with Crippen molar-refractivity contribution in [3.8, 4) is 17.2 Å². The third-order valence-corrected chi connectivity index (χ3v) is 7.75. The molecule has 9 nitrogen and oxygen atoms in total. The molecular weight excluding hydrogens is 529 g/mol. The van der Waals surface area contributed by atoms with Crippen molar-refractivity contribution in [2.75, 3.05) is 18.4 Å². The van der Waals surface area contributed by atoms with Gasteiger partial charge in [-0.2, -0.15) is 0 Å². The number of aliphatic hydroxyl groups excluding tert-OH is 1. The Hall–Kier alpha value is -3.63. The first kappa shape index (κ1) is 28.9. The van der Waals surface area contributed by atoms with Crippen LogP contribution in [0.4, 0.5) is 14.9 Å². The van der Waals surface area contributed by atoms with Crippen molar-refractivity contribution < 1.29 is 33.3 Å². The number of nitrogens with one attached hydrogen (secondary N) is 1. The summed E-state index contributed by atoms with van der Waals surface area (Å²) in [5, 5.41) is 23.2. The van der Waals surface area contributed by atoms with Gasteiger partial charge >= 0.3 is 6.03 Å². The molecule has 1 aliphatic carbocycles. The third-order valence-electron chi connectivity index (χ3n) is 7.75. The fraction of sp³-hybridized carbons (Fsp3) is 0.484. The van der Waals surface area contributed by atoms with Gasteiger partial charge in [0.15, 0.2) is 11.7 Å². The van der Waals surface area contributed by atoms with Crippen LogP contribution in [0.5, 0.6) is 17.2 Å². The Labute approximate surface area is 239 Å². The zero-order chi connectivity index (χ0) is 29.1. The number of hydrogen-bond acceptors (Lipinski definition) is 7. The van der Waals surface area contributed by atoms with Crippen LogP contribution in [0.25, 0.3) is 0 Å². The second kappa shape index (κ2) is 12.1. The summed E-state index contributed by atoms with van der Waals surface area (Å²) in [5.41, 5.74) is 0.453. The summed E-state index contributed by atoms with van der Waals surface area (Å²) in [6, 6.07) is 10.6. The molecule has 2 fully saturated rings. The number of carbonyl (C=O) groups is 1. The number of urea groups is 1. The largest absolute Gasteiger partial charge is 0.490 e. The first-order valence-corrected chi connectivity index (χ1v) is 14.2. The quantitative estimate of drug-likeness (QED) is 0.284. The summed E-state index contributed by atoms with van der Waals surface area (Å²) >= 11 is 0. The third kappa shape index (κ3) is 7.18. The number of benzene rings is 2. The molecule has 3 N–H and O–H groups in total. The monoisotopic (exact) mass is 567 g/mol. The van der Waals surface area contributed by atoms with Crippen molar-refractivity contribution in [1.29, 1.82) is 0 Å². The molecule has 41 heavy (non-hydrogen) atoms. The van der Waals surface area contributed by atoms with Crippen LogP contribution in [0.15, 0.2) is 46.9 Å². The number of likely N-dealkylation sites (tertiary alicyclic amines) is 1. The topological polar surface area (TPSA) is 117 Å². The second-order valence-corrected chi connectivity index (χ2v) is 11.6. The molecule has 0 radical (unpaired) electrons. The van der Waals surface area contributed by atoms with Gasteiger partial charge in [0.2, 0.25) is 0 Å². The van der Waals surface area contributed by atoms with Crippen molar-refractivity contribution in [2.24, 2.45) is 5.92 Å². The number of aryl methyl sites for hydroxylation is 1. The smallest absolute Gasteiger partial charge is 0.321 e. The Morgan fingerprint density at radius 3 is 2.46 bits per heavy atom. The van der Waals surface area contributed by atoms with Gasteiger partial charge in [-0.05, 0) is 69.2 Å². The van der Waals surface area contributed by atoms with E-state index in [1.807, 2.05) is 6.92 Å². The minimum atomic E-state index is -0.737. The van der Waals surface area contributed by atoms with E-state index < -0.39 is 5.60 Å². The number of halogens is 1. The van der Waals surface area contributed by atoms with Crippen molar-refractivity contribution >= 4 is 11.7 Å². The molecule has 2 aromatic carbocycles. The zero-order valence-electron chi connectivity index (χ0n) is 23.7. The number of aromatic nitrogens is 1.